The van der Waals surface area contributed by atoms with Crippen LogP contribution in [0.3, 0.4) is 0 Å². The number of aliphatic hydroxyl groups excluding tert-OH is 1. The van der Waals surface area contributed by atoms with Gasteiger partial charge in [-0.2, -0.15) is 0 Å². The van der Waals surface area contributed by atoms with Crippen molar-refractivity contribution >= 4 is 11.6 Å². The number of nitrogens with one attached hydrogen (secondary N) is 1. The van der Waals surface area contributed by atoms with Crippen LogP contribution in [-0.4, -0.2) is 40.1 Å². The monoisotopic (exact) mass is 315 g/mol. The minimum Gasteiger partial charge on any atom is -0.444 e. The first-order chi connectivity index (χ1) is 11.2. The molecule has 122 valence electrons. The number of carbonyl (C=O) groups excluding carboxylic acids is 1. The Bertz CT molecular complexity index is 683. The second-order valence-electron chi connectivity index (χ2n) is 5.74. The molecule has 0 radical (unpaired) electrons. The summed E-state index contributed by atoms with van der Waals surface area (Å²) in [6.07, 6.45) is 3.46. The maximum absolute atomic E-state index is 12.8. The van der Waals surface area contributed by atoms with E-state index in [0.29, 0.717) is 24.5 Å². The second kappa shape index (κ2) is 6.83. The summed E-state index contributed by atoms with van der Waals surface area (Å²) in [7, 11) is 0. The highest BCUT2D eigenvalue weighted by Crippen LogP contribution is 2.24. The third kappa shape index (κ3) is 3.37. The fraction of sp³-hybridized carbons (Fsp3) is 0.412. The Hall–Kier alpha value is -2.34. The van der Waals surface area contributed by atoms with Gasteiger partial charge in [0.05, 0.1) is 31.0 Å². The van der Waals surface area contributed by atoms with Crippen molar-refractivity contribution < 1.29 is 14.3 Å². The molecule has 6 nitrogen and oxygen atoms in total. The van der Waals surface area contributed by atoms with Crippen molar-refractivity contribution in [2.24, 2.45) is 0 Å². The lowest BCUT2D eigenvalue weighted by atomic mass is 10.1. The van der Waals surface area contributed by atoms with E-state index in [1.54, 1.807) is 17.2 Å². The third-order valence-corrected chi connectivity index (χ3v) is 4.11. The first-order valence-corrected chi connectivity index (χ1v) is 7.85. The Morgan fingerprint density at radius 2 is 2.30 bits per heavy atom. The van der Waals surface area contributed by atoms with Gasteiger partial charge in [-0.3, -0.25) is 4.79 Å². The number of likely N-dealkylation sites (tertiary alicyclic amines) is 1. The summed E-state index contributed by atoms with van der Waals surface area (Å²) in [5, 5.41) is 12.6. The fourth-order valence-corrected chi connectivity index (χ4v) is 2.93. The van der Waals surface area contributed by atoms with Gasteiger partial charge in [-0.1, -0.05) is 12.1 Å². The van der Waals surface area contributed by atoms with E-state index in [1.165, 1.54) is 0 Å². The maximum Gasteiger partial charge on any atom is 0.256 e. The van der Waals surface area contributed by atoms with Crippen LogP contribution in [0, 0.1) is 6.92 Å². The minimum atomic E-state index is -0.0788. The van der Waals surface area contributed by atoms with E-state index < -0.39 is 0 Å². The average Bonchev–Trinajstić information content (AvgIpc) is 3.21. The summed E-state index contributed by atoms with van der Waals surface area (Å²) in [5.74, 6) is 1.29. The molecule has 0 bridgehead atoms. The predicted molar refractivity (Wildman–Crippen MR) is 86.2 cm³/mol. The van der Waals surface area contributed by atoms with Crippen molar-refractivity contribution in [1.29, 1.82) is 0 Å². The summed E-state index contributed by atoms with van der Waals surface area (Å²) in [6, 6.07) is 7.32. The van der Waals surface area contributed by atoms with Crippen LogP contribution in [0.25, 0.3) is 0 Å². The molecule has 1 amide bonds. The number of anilines is 1. The zero-order chi connectivity index (χ0) is 16.2. The molecule has 23 heavy (non-hydrogen) atoms. The Kier molecular flexibility index (Phi) is 4.62. The normalized spacial score (nSPS) is 17.5. The zero-order valence-electron chi connectivity index (χ0n) is 13.2. The van der Waals surface area contributed by atoms with Crippen LogP contribution in [-0.2, 0) is 6.54 Å². The second-order valence-corrected chi connectivity index (χ2v) is 5.74. The van der Waals surface area contributed by atoms with Gasteiger partial charge < -0.3 is 19.7 Å². The van der Waals surface area contributed by atoms with Gasteiger partial charge in [0.15, 0.2) is 0 Å². The molecule has 0 aliphatic carbocycles. The molecule has 0 spiro atoms. The van der Waals surface area contributed by atoms with Crippen LogP contribution in [0.1, 0.15) is 34.9 Å². The number of nitrogens with zero attached hydrogens (tertiary/aromatic N) is 2. The molecule has 1 aromatic heterocycles. The molecule has 1 aromatic carbocycles. The highest BCUT2D eigenvalue weighted by molar-refractivity contribution is 5.99. The van der Waals surface area contributed by atoms with Gasteiger partial charge >= 0.3 is 0 Å². The molecule has 6 heteroatoms. The highest BCUT2D eigenvalue weighted by atomic mass is 16.4. The molecule has 1 aliphatic heterocycles. The topological polar surface area (TPSA) is 78.6 Å². The molecule has 3 rings (SSSR count). The van der Waals surface area contributed by atoms with E-state index >= 15 is 0 Å². The lowest BCUT2D eigenvalue weighted by molar-refractivity contribution is 0.0678. The molecular weight excluding hydrogens is 294 g/mol. The summed E-state index contributed by atoms with van der Waals surface area (Å²) >= 11 is 0. The van der Waals surface area contributed by atoms with E-state index in [9.17, 15) is 9.90 Å². The lowest BCUT2D eigenvalue weighted by Gasteiger charge is -2.24. The molecule has 2 N–H and O–H groups in total. The smallest absolute Gasteiger partial charge is 0.256 e. The van der Waals surface area contributed by atoms with Gasteiger partial charge in [0, 0.05) is 12.2 Å². The van der Waals surface area contributed by atoms with Crippen molar-refractivity contribution in [3.63, 3.8) is 0 Å². The van der Waals surface area contributed by atoms with Crippen molar-refractivity contribution in [3.05, 3.63) is 47.7 Å². The quantitative estimate of drug-likeness (QED) is 0.884. The van der Waals surface area contributed by atoms with Crippen LogP contribution in [0.15, 0.2) is 34.9 Å². The zero-order valence-corrected chi connectivity index (χ0v) is 13.2. The van der Waals surface area contributed by atoms with Gasteiger partial charge in [-0.15, -0.1) is 0 Å². The number of aliphatic hydroxyl groups is 1. The largest absolute Gasteiger partial charge is 0.444 e. The van der Waals surface area contributed by atoms with Crippen LogP contribution in [0.4, 0.5) is 5.69 Å². The Morgan fingerprint density at radius 1 is 1.48 bits per heavy atom. The number of amides is 1. The Morgan fingerprint density at radius 3 is 3.04 bits per heavy atom. The summed E-state index contributed by atoms with van der Waals surface area (Å²) in [4.78, 5) is 18.7. The van der Waals surface area contributed by atoms with Crippen molar-refractivity contribution in [3.8, 4) is 0 Å². The third-order valence-electron chi connectivity index (χ3n) is 4.11. The number of aromatic nitrogens is 1. The van der Waals surface area contributed by atoms with E-state index in [2.05, 4.69) is 10.3 Å². The highest BCUT2D eigenvalue weighted by Gasteiger charge is 2.29. The van der Waals surface area contributed by atoms with Crippen molar-refractivity contribution in [1.82, 2.24) is 9.88 Å². The number of para-hydroxylation sites is 1. The van der Waals surface area contributed by atoms with Crippen molar-refractivity contribution in [2.75, 3.05) is 18.5 Å². The molecule has 1 aliphatic rings. The Balaban J connectivity index is 1.76. The predicted octanol–water partition coefficient (Wildman–Crippen LogP) is 2.19. The van der Waals surface area contributed by atoms with Crippen LogP contribution in [0.5, 0.6) is 0 Å². The van der Waals surface area contributed by atoms with E-state index in [4.69, 9.17) is 4.42 Å². The van der Waals surface area contributed by atoms with Crippen LogP contribution < -0.4 is 5.32 Å². The van der Waals surface area contributed by atoms with Gasteiger partial charge in [-0.25, -0.2) is 4.98 Å². The molecule has 0 unspecified atom stereocenters. The molecule has 2 heterocycles. The van der Waals surface area contributed by atoms with Crippen LogP contribution >= 0.6 is 0 Å². The fourth-order valence-electron chi connectivity index (χ4n) is 2.93. The van der Waals surface area contributed by atoms with E-state index in [-0.39, 0.29) is 18.6 Å². The molecule has 1 saturated heterocycles. The standard InChI is InChI=1S/C17H21N3O3/c1-12-9-19-16(23-12)10-18-15-7-3-2-6-14(15)17(22)20-8-4-5-13(20)11-21/h2-3,6-7,9,13,18,21H,4-5,8,10-11H2,1H3/t13-/m0/s1. The number of aryl methyl sites for hydroxylation is 1. The van der Waals surface area contributed by atoms with Crippen molar-refractivity contribution in [2.45, 2.75) is 32.4 Å². The number of oxazole rings is 1. The van der Waals surface area contributed by atoms with Gasteiger partial charge in [0.25, 0.3) is 5.91 Å². The molecular formula is C17H21N3O3. The molecule has 1 fully saturated rings. The first kappa shape index (κ1) is 15.6. The van der Waals surface area contributed by atoms with Gasteiger partial charge in [0.1, 0.15) is 5.76 Å². The summed E-state index contributed by atoms with van der Waals surface area (Å²) in [5.41, 5.74) is 1.35. The molecule has 1 atom stereocenters. The molecule has 2 aromatic rings. The van der Waals surface area contributed by atoms with E-state index in [0.717, 1.165) is 24.3 Å². The Labute approximate surface area is 135 Å². The minimum absolute atomic E-state index is 0.0108. The average molecular weight is 315 g/mol. The number of rotatable bonds is 5. The number of benzene rings is 1. The van der Waals surface area contributed by atoms with Crippen LogP contribution in [0.2, 0.25) is 0 Å². The number of hydrogen-bond acceptors (Lipinski definition) is 5. The molecule has 0 saturated carbocycles. The summed E-state index contributed by atoms with van der Waals surface area (Å²) in [6.45, 7) is 2.96. The first-order valence-electron chi connectivity index (χ1n) is 7.85. The van der Waals surface area contributed by atoms with Gasteiger partial charge in [0.2, 0.25) is 5.89 Å². The maximum atomic E-state index is 12.8. The number of hydrogen-bond donors (Lipinski definition) is 2. The SMILES string of the molecule is Cc1cnc(CNc2ccccc2C(=O)N2CCC[C@H]2CO)o1. The number of carbonyl (C=O) groups is 1. The lowest BCUT2D eigenvalue weighted by Crippen LogP contribution is -2.37. The van der Waals surface area contributed by atoms with Gasteiger partial charge in [-0.05, 0) is 31.9 Å². The van der Waals surface area contributed by atoms with E-state index in [1.807, 2.05) is 25.1 Å². The summed E-state index contributed by atoms with van der Waals surface area (Å²) < 4.78 is 5.44.